The Balaban J connectivity index is 2.85. The molecule has 0 aliphatic rings. The average Bonchev–Trinajstić information content (AvgIpc) is 2.79. The number of ether oxygens (including phenoxy) is 1. The third kappa shape index (κ3) is 3.10. The van der Waals surface area contributed by atoms with Gasteiger partial charge in [-0.3, -0.25) is 4.79 Å². The van der Waals surface area contributed by atoms with Crippen LogP contribution < -0.4 is 0 Å². The van der Waals surface area contributed by atoms with E-state index in [9.17, 15) is 9.59 Å². The molecule has 0 spiro atoms. The number of hydrogen-bond acceptors (Lipinski definition) is 4. The number of amides is 1. The molecule has 100 valence electrons. The zero-order chi connectivity index (χ0) is 13.7. The largest absolute Gasteiger partial charge is 0.475 e. The maximum atomic E-state index is 12.1. The highest BCUT2D eigenvalue weighted by Crippen LogP contribution is 2.13. The maximum absolute atomic E-state index is 12.1. The molecule has 1 unspecified atom stereocenters. The van der Waals surface area contributed by atoms with Crippen molar-refractivity contribution in [2.24, 2.45) is 0 Å². The molecule has 1 atom stereocenters. The van der Waals surface area contributed by atoms with E-state index in [-0.39, 0.29) is 23.5 Å². The van der Waals surface area contributed by atoms with Crippen LogP contribution in [0, 0.1) is 0 Å². The van der Waals surface area contributed by atoms with E-state index in [0.29, 0.717) is 13.2 Å². The van der Waals surface area contributed by atoms with Gasteiger partial charge >= 0.3 is 5.97 Å². The lowest BCUT2D eigenvalue weighted by Crippen LogP contribution is -2.40. The van der Waals surface area contributed by atoms with Gasteiger partial charge in [0.25, 0.3) is 5.91 Å². The molecule has 1 N–H and O–H groups in total. The molecule has 0 aliphatic heterocycles. The van der Waals surface area contributed by atoms with E-state index >= 15 is 0 Å². The van der Waals surface area contributed by atoms with Gasteiger partial charge in [0.1, 0.15) is 0 Å². The summed E-state index contributed by atoms with van der Waals surface area (Å²) in [7, 11) is 1.56. The fourth-order valence-electron chi connectivity index (χ4n) is 1.70. The lowest BCUT2D eigenvalue weighted by molar-refractivity contribution is 0.0542. The van der Waals surface area contributed by atoms with Gasteiger partial charge in [-0.1, -0.05) is 0 Å². The summed E-state index contributed by atoms with van der Waals surface area (Å²) in [5.74, 6) is -1.75. The number of carboxylic acids is 1. The van der Waals surface area contributed by atoms with Crippen molar-refractivity contribution in [2.75, 3.05) is 20.3 Å². The number of methoxy groups -OCH3 is 1. The van der Waals surface area contributed by atoms with Gasteiger partial charge in [-0.2, -0.15) is 0 Å². The molecule has 1 amide bonds. The minimum absolute atomic E-state index is 0.0252. The van der Waals surface area contributed by atoms with Crippen molar-refractivity contribution in [2.45, 2.75) is 19.9 Å². The third-order valence-corrected chi connectivity index (χ3v) is 2.57. The minimum atomic E-state index is -1.19. The molecule has 0 saturated heterocycles. The second-order valence-electron chi connectivity index (χ2n) is 3.86. The van der Waals surface area contributed by atoms with Gasteiger partial charge in [-0.25, -0.2) is 4.79 Å². The second kappa shape index (κ2) is 6.20. The van der Waals surface area contributed by atoms with Crippen molar-refractivity contribution in [1.29, 1.82) is 0 Å². The van der Waals surface area contributed by atoms with Gasteiger partial charge in [0.15, 0.2) is 5.76 Å². The quantitative estimate of drug-likeness (QED) is 0.832. The van der Waals surface area contributed by atoms with Crippen LogP contribution in [0.1, 0.15) is 35.0 Å². The van der Waals surface area contributed by atoms with E-state index in [1.54, 1.807) is 12.0 Å². The van der Waals surface area contributed by atoms with Crippen LogP contribution in [0.4, 0.5) is 0 Å². The molecule has 18 heavy (non-hydrogen) atoms. The summed E-state index contributed by atoms with van der Waals surface area (Å²) in [5.41, 5.74) is 0. The molecule has 1 heterocycles. The molecule has 0 aliphatic carbocycles. The van der Waals surface area contributed by atoms with Crippen LogP contribution in [-0.4, -0.2) is 48.2 Å². The van der Waals surface area contributed by atoms with Crippen molar-refractivity contribution >= 4 is 11.9 Å². The van der Waals surface area contributed by atoms with E-state index in [1.807, 2.05) is 13.8 Å². The summed E-state index contributed by atoms with van der Waals surface area (Å²) in [6.45, 7) is 4.59. The first-order valence-electron chi connectivity index (χ1n) is 5.64. The zero-order valence-corrected chi connectivity index (χ0v) is 10.7. The number of furan rings is 1. The van der Waals surface area contributed by atoms with Crippen LogP contribution in [-0.2, 0) is 4.74 Å². The lowest BCUT2D eigenvalue weighted by atomic mass is 10.2. The summed E-state index contributed by atoms with van der Waals surface area (Å²) in [6, 6.07) is 2.53. The third-order valence-electron chi connectivity index (χ3n) is 2.57. The number of hydrogen-bond donors (Lipinski definition) is 1. The highest BCUT2D eigenvalue weighted by Gasteiger charge is 2.23. The Kier molecular flexibility index (Phi) is 4.91. The molecule has 0 bridgehead atoms. The fraction of sp³-hybridized carbons (Fsp3) is 0.500. The standard InChI is InChI=1S/C12H17NO5/c1-4-13(8(2)7-17-3)11(14)9-5-6-10(18-9)12(15)16/h5-6,8H,4,7H2,1-3H3,(H,15,16). The molecule has 1 aromatic rings. The Morgan fingerprint density at radius 3 is 2.50 bits per heavy atom. The zero-order valence-electron chi connectivity index (χ0n) is 10.7. The smallest absolute Gasteiger partial charge is 0.371 e. The van der Waals surface area contributed by atoms with E-state index in [1.165, 1.54) is 12.1 Å². The van der Waals surface area contributed by atoms with Crippen molar-refractivity contribution in [3.05, 3.63) is 23.7 Å². The van der Waals surface area contributed by atoms with Gasteiger partial charge < -0.3 is 19.2 Å². The van der Waals surface area contributed by atoms with Crippen LogP contribution >= 0.6 is 0 Å². The first kappa shape index (κ1) is 14.2. The molecular formula is C12H17NO5. The van der Waals surface area contributed by atoms with Gasteiger partial charge in [0.05, 0.1) is 12.6 Å². The summed E-state index contributed by atoms with van der Waals surface area (Å²) in [5, 5.41) is 8.73. The first-order chi connectivity index (χ1) is 8.51. The number of likely N-dealkylation sites (N-methyl/N-ethyl adjacent to an activating group) is 1. The van der Waals surface area contributed by atoms with Crippen LogP contribution in [0.3, 0.4) is 0 Å². The number of carbonyl (C=O) groups is 2. The predicted molar refractivity (Wildman–Crippen MR) is 63.7 cm³/mol. The molecule has 1 rings (SSSR count). The molecule has 1 aromatic heterocycles. The number of carbonyl (C=O) groups excluding carboxylic acids is 1. The topological polar surface area (TPSA) is 80.0 Å². The Morgan fingerprint density at radius 2 is 2.06 bits per heavy atom. The molecule has 0 saturated carbocycles. The molecule has 6 heteroatoms. The van der Waals surface area contributed by atoms with Crippen molar-refractivity contribution in [3.63, 3.8) is 0 Å². The van der Waals surface area contributed by atoms with E-state index in [2.05, 4.69) is 0 Å². The Bertz CT molecular complexity index is 426. The van der Waals surface area contributed by atoms with Crippen LogP contribution in [0.5, 0.6) is 0 Å². The van der Waals surface area contributed by atoms with Gasteiger partial charge in [-0.15, -0.1) is 0 Å². The highest BCUT2D eigenvalue weighted by molar-refractivity contribution is 5.93. The molecule has 0 aromatic carbocycles. The summed E-state index contributed by atoms with van der Waals surface area (Å²) in [4.78, 5) is 24.3. The van der Waals surface area contributed by atoms with Crippen LogP contribution in [0.25, 0.3) is 0 Å². The SMILES string of the molecule is CCN(C(=O)c1ccc(C(=O)O)o1)C(C)COC. The predicted octanol–water partition coefficient (Wildman–Crippen LogP) is 1.47. The van der Waals surface area contributed by atoms with Crippen molar-refractivity contribution in [3.8, 4) is 0 Å². The van der Waals surface area contributed by atoms with Crippen molar-refractivity contribution in [1.82, 2.24) is 4.90 Å². The monoisotopic (exact) mass is 255 g/mol. The van der Waals surface area contributed by atoms with Crippen molar-refractivity contribution < 1.29 is 23.8 Å². The second-order valence-corrected chi connectivity index (χ2v) is 3.86. The summed E-state index contributed by atoms with van der Waals surface area (Å²) in [6.07, 6.45) is 0. The normalized spacial score (nSPS) is 12.2. The van der Waals surface area contributed by atoms with E-state index in [0.717, 1.165) is 0 Å². The Morgan fingerprint density at radius 1 is 1.44 bits per heavy atom. The molecular weight excluding hydrogens is 238 g/mol. The highest BCUT2D eigenvalue weighted by atomic mass is 16.5. The van der Waals surface area contributed by atoms with Crippen LogP contribution in [0.15, 0.2) is 16.5 Å². The van der Waals surface area contributed by atoms with Crippen LogP contribution in [0.2, 0.25) is 0 Å². The maximum Gasteiger partial charge on any atom is 0.371 e. The number of rotatable bonds is 6. The molecule has 6 nitrogen and oxygen atoms in total. The van der Waals surface area contributed by atoms with E-state index < -0.39 is 5.97 Å². The summed E-state index contributed by atoms with van der Waals surface area (Å²) < 4.78 is 9.98. The Hall–Kier alpha value is -1.82. The number of nitrogens with zero attached hydrogens (tertiary/aromatic N) is 1. The number of aromatic carboxylic acids is 1. The van der Waals surface area contributed by atoms with Gasteiger partial charge in [0.2, 0.25) is 5.76 Å². The van der Waals surface area contributed by atoms with E-state index in [4.69, 9.17) is 14.3 Å². The molecule has 0 fully saturated rings. The van der Waals surface area contributed by atoms with Gasteiger partial charge in [0, 0.05) is 13.7 Å². The lowest BCUT2D eigenvalue weighted by Gasteiger charge is -2.26. The van der Waals surface area contributed by atoms with Gasteiger partial charge in [-0.05, 0) is 26.0 Å². The minimum Gasteiger partial charge on any atom is -0.475 e. The average molecular weight is 255 g/mol. The fourth-order valence-corrected chi connectivity index (χ4v) is 1.70. The summed E-state index contributed by atoms with van der Waals surface area (Å²) >= 11 is 0. The number of carboxylic acid groups (broad SMARTS) is 1. The first-order valence-corrected chi connectivity index (χ1v) is 5.64. The molecule has 0 radical (unpaired) electrons. The Labute approximate surface area is 105 Å².